The third kappa shape index (κ3) is 3.45. The summed E-state index contributed by atoms with van der Waals surface area (Å²) in [6.07, 6.45) is 0. The number of fused-ring (bicyclic) bond motifs is 6. The van der Waals surface area contributed by atoms with Gasteiger partial charge in [-0.2, -0.15) is 0 Å². The molecule has 2 aliphatic rings. The molecule has 3 heterocycles. The fraction of sp³-hybridized carbons (Fsp3) is 0.273. The van der Waals surface area contributed by atoms with Crippen LogP contribution in [-0.4, -0.2) is 18.3 Å². The molecule has 0 amide bonds. The Morgan fingerprint density at radius 1 is 0.605 bits per heavy atom. The summed E-state index contributed by atoms with van der Waals surface area (Å²) in [6.45, 7) is 12.5. The zero-order valence-corrected chi connectivity index (χ0v) is 22.7. The summed E-state index contributed by atoms with van der Waals surface area (Å²) in [5, 5.41) is 2.17. The standard InChI is InChI=1S/C33H31BO4/c1-31(2)27-10-8-7-9-23(27)24-14-11-21(18-30(24)36-31)20-12-15-25-26-16-13-22(19-29(26)35-28(25)17-20)34-37-32(3,4)33(5,6)38-34/h7-19H,1-6H3. The maximum Gasteiger partial charge on any atom is 0.494 e. The molecule has 1 aromatic heterocycles. The van der Waals surface area contributed by atoms with Crippen molar-refractivity contribution in [3.05, 3.63) is 84.4 Å². The minimum Gasteiger partial charge on any atom is -0.482 e. The molecule has 190 valence electrons. The number of benzene rings is 4. The Balaban J connectivity index is 1.26. The van der Waals surface area contributed by atoms with E-state index in [1.165, 1.54) is 11.1 Å². The maximum absolute atomic E-state index is 6.49. The molecule has 0 spiro atoms. The zero-order valence-electron chi connectivity index (χ0n) is 22.7. The first-order valence-electron chi connectivity index (χ1n) is 13.3. The Bertz CT molecular complexity index is 1730. The molecule has 0 atom stereocenters. The molecule has 1 fully saturated rings. The highest BCUT2D eigenvalue weighted by Gasteiger charge is 2.51. The van der Waals surface area contributed by atoms with E-state index in [1.54, 1.807) is 0 Å². The van der Waals surface area contributed by atoms with Crippen LogP contribution in [0.2, 0.25) is 0 Å². The van der Waals surface area contributed by atoms with Gasteiger partial charge in [0.2, 0.25) is 0 Å². The van der Waals surface area contributed by atoms with Gasteiger partial charge in [-0.25, -0.2) is 0 Å². The van der Waals surface area contributed by atoms with Gasteiger partial charge in [-0.05, 0) is 88.0 Å². The van der Waals surface area contributed by atoms with E-state index >= 15 is 0 Å². The van der Waals surface area contributed by atoms with Crippen molar-refractivity contribution in [3.8, 4) is 28.0 Å². The predicted molar refractivity (Wildman–Crippen MR) is 154 cm³/mol. The van der Waals surface area contributed by atoms with Gasteiger partial charge < -0.3 is 18.5 Å². The van der Waals surface area contributed by atoms with Crippen molar-refractivity contribution >= 4 is 34.5 Å². The van der Waals surface area contributed by atoms with E-state index in [1.807, 2.05) is 6.07 Å². The first kappa shape index (κ1) is 23.6. The van der Waals surface area contributed by atoms with Gasteiger partial charge in [-0.15, -0.1) is 0 Å². The fourth-order valence-electron chi connectivity index (χ4n) is 5.68. The van der Waals surface area contributed by atoms with Crippen LogP contribution in [0.4, 0.5) is 0 Å². The van der Waals surface area contributed by atoms with E-state index in [2.05, 4.69) is 114 Å². The van der Waals surface area contributed by atoms with E-state index in [4.69, 9.17) is 18.5 Å². The van der Waals surface area contributed by atoms with E-state index in [9.17, 15) is 0 Å². The quantitative estimate of drug-likeness (QED) is 0.231. The van der Waals surface area contributed by atoms with Gasteiger partial charge in [0.1, 0.15) is 22.5 Å². The van der Waals surface area contributed by atoms with Crippen LogP contribution >= 0.6 is 0 Å². The average Bonchev–Trinajstić information content (AvgIpc) is 3.35. The Morgan fingerprint density at radius 3 is 2.00 bits per heavy atom. The number of furan rings is 1. The lowest BCUT2D eigenvalue weighted by Crippen LogP contribution is -2.41. The minimum atomic E-state index is -0.418. The van der Waals surface area contributed by atoms with Crippen LogP contribution in [0.1, 0.15) is 47.1 Å². The Hall–Kier alpha value is -3.54. The smallest absolute Gasteiger partial charge is 0.482 e. The van der Waals surface area contributed by atoms with Crippen molar-refractivity contribution in [2.75, 3.05) is 0 Å². The van der Waals surface area contributed by atoms with Crippen LogP contribution in [0.5, 0.6) is 5.75 Å². The molecule has 0 radical (unpaired) electrons. The molecule has 2 aliphatic heterocycles. The second-order valence-electron chi connectivity index (χ2n) is 12.0. The van der Waals surface area contributed by atoms with Gasteiger partial charge >= 0.3 is 7.12 Å². The Labute approximate surface area is 223 Å². The molecular formula is C33H31BO4. The largest absolute Gasteiger partial charge is 0.494 e. The summed E-state index contributed by atoms with van der Waals surface area (Å²) in [6, 6.07) is 27.6. The summed E-state index contributed by atoms with van der Waals surface area (Å²) in [4.78, 5) is 0. The molecule has 0 saturated carbocycles. The van der Waals surface area contributed by atoms with Crippen LogP contribution < -0.4 is 10.2 Å². The van der Waals surface area contributed by atoms with Crippen molar-refractivity contribution in [1.82, 2.24) is 0 Å². The lowest BCUT2D eigenvalue weighted by atomic mass is 9.79. The lowest BCUT2D eigenvalue weighted by Gasteiger charge is -2.35. The second kappa shape index (κ2) is 7.75. The molecule has 4 nitrogen and oxygen atoms in total. The van der Waals surface area contributed by atoms with E-state index in [0.29, 0.717) is 0 Å². The molecule has 7 rings (SSSR count). The fourth-order valence-corrected chi connectivity index (χ4v) is 5.68. The molecule has 0 aliphatic carbocycles. The van der Waals surface area contributed by atoms with Crippen molar-refractivity contribution in [1.29, 1.82) is 0 Å². The molecule has 0 N–H and O–H groups in total. The zero-order chi connectivity index (χ0) is 26.4. The summed E-state index contributed by atoms with van der Waals surface area (Å²) in [5.74, 6) is 0.906. The molecule has 0 bridgehead atoms. The summed E-state index contributed by atoms with van der Waals surface area (Å²) in [5.41, 5.74) is 7.25. The average molecular weight is 502 g/mol. The molecule has 1 saturated heterocycles. The third-order valence-corrected chi connectivity index (χ3v) is 8.57. The van der Waals surface area contributed by atoms with E-state index in [0.717, 1.165) is 49.8 Å². The highest BCUT2D eigenvalue weighted by molar-refractivity contribution is 6.62. The van der Waals surface area contributed by atoms with E-state index in [-0.39, 0.29) is 16.8 Å². The van der Waals surface area contributed by atoms with Gasteiger partial charge in [0.15, 0.2) is 0 Å². The topological polar surface area (TPSA) is 40.8 Å². The van der Waals surface area contributed by atoms with Crippen molar-refractivity contribution in [2.24, 2.45) is 0 Å². The van der Waals surface area contributed by atoms with Crippen LogP contribution in [0, 0.1) is 0 Å². The van der Waals surface area contributed by atoms with Gasteiger partial charge in [0, 0.05) is 21.9 Å². The maximum atomic E-state index is 6.49. The molecular weight excluding hydrogens is 471 g/mol. The monoisotopic (exact) mass is 502 g/mol. The number of hydrogen-bond acceptors (Lipinski definition) is 4. The highest BCUT2D eigenvalue weighted by Crippen LogP contribution is 2.46. The highest BCUT2D eigenvalue weighted by atomic mass is 16.7. The Kier molecular flexibility index (Phi) is 4.81. The predicted octanol–water partition coefficient (Wildman–Crippen LogP) is 7.85. The summed E-state index contributed by atoms with van der Waals surface area (Å²) < 4.78 is 25.4. The molecule has 38 heavy (non-hydrogen) atoms. The van der Waals surface area contributed by atoms with E-state index < -0.39 is 7.12 Å². The lowest BCUT2D eigenvalue weighted by molar-refractivity contribution is 0.00578. The first-order valence-corrected chi connectivity index (χ1v) is 13.3. The van der Waals surface area contributed by atoms with Gasteiger partial charge in [-0.1, -0.05) is 54.6 Å². The summed E-state index contributed by atoms with van der Waals surface area (Å²) >= 11 is 0. The van der Waals surface area contributed by atoms with Crippen LogP contribution in [-0.2, 0) is 14.9 Å². The summed E-state index contributed by atoms with van der Waals surface area (Å²) in [7, 11) is -0.418. The minimum absolute atomic E-state index is 0.384. The molecule has 5 heteroatoms. The number of hydrogen-bond donors (Lipinski definition) is 0. The molecule has 4 aromatic carbocycles. The molecule has 0 unspecified atom stereocenters. The van der Waals surface area contributed by atoms with Crippen molar-refractivity contribution in [2.45, 2.75) is 58.3 Å². The SMILES string of the molecule is CC1(C)Oc2cc(-c3ccc4c(c3)oc3cc(B5OC(C)(C)C(C)(C)O5)ccc34)ccc2-c2ccccc21. The van der Waals surface area contributed by atoms with Gasteiger partial charge in [-0.3, -0.25) is 0 Å². The first-order chi connectivity index (χ1) is 18.0. The van der Waals surface area contributed by atoms with Crippen LogP contribution in [0.15, 0.2) is 83.3 Å². The van der Waals surface area contributed by atoms with Gasteiger partial charge in [0.05, 0.1) is 11.2 Å². The van der Waals surface area contributed by atoms with Crippen molar-refractivity contribution in [3.63, 3.8) is 0 Å². The second-order valence-corrected chi connectivity index (χ2v) is 12.0. The van der Waals surface area contributed by atoms with Crippen LogP contribution in [0.25, 0.3) is 44.2 Å². The number of ether oxygens (including phenoxy) is 1. The number of rotatable bonds is 2. The molecule has 5 aromatic rings. The van der Waals surface area contributed by atoms with Gasteiger partial charge in [0.25, 0.3) is 0 Å². The third-order valence-electron chi connectivity index (χ3n) is 8.57. The normalized spacial score (nSPS) is 18.8. The van der Waals surface area contributed by atoms with Crippen molar-refractivity contribution < 1.29 is 18.5 Å². The Morgan fingerprint density at radius 2 is 1.24 bits per heavy atom. The van der Waals surface area contributed by atoms with Crippen LogP contribution in [0.3, 0.4) is 0 Å².